The number of likely N-dealkylation sites (tertiary alicyclic amines) is 2. The van der Waals surface area contributed by atoms with Crippen molar-refractivity contribution < 1.29 is 9.59 Å². The highest BCUT2D eigenvalue weighted by atomic mass is 35.5. The van der Waals surface area contributed by atoms with E-state index in [0.29, 0.717) is 6.04 Å². The van der Waals surface area contributed by atoms with Crippen molar-refractivity contribution in [2.45, 2.75) is 31.3 Å². The van der Waals surface area contributed by atoms with Gasteiger partial charge in [-0.3, -0.25) is 14.6 Å². The molecule has 0 spiro atoms. The van der Waals surface area contributed by atoms with Crippen LogP contribution in [0.3, 0.4) is 0 Å². The smallest absolute Gasteiger partial charge is 0.228 e. The molecule has 8 heteroatoms. The van der Waals surface area contributed by atoms with E-state index >= 15 is 0 Å². The van der Waals surface area contributed by atoms with Crippen molar-refractivity contribution in [2.75, 3.05) is 27.2 Å². The number of aromatic nitrogens is 1. The largest absolute Gasteiger partial charge is 0.341 e. The summed E-state index contributed by atoms with van der Waals surface area (Å²) in [5, 5.41) is 3.26. The summed E-state index contributed by atoms with van der Waals surface area (Å²) in [5.41, 5.74) is 0.932. The highest BCUT2D eigenvalue weighted by Gasteiger charge is 2.44. The Balaban J connectivity index is 0.00000156. The third-order valence-electron chi connectivity index (χ3n) is 5.07. The second-order valence-corrected chi connectivity index (χ2v) is 6.46. The summed E-state index contributed by atoms with van der Waals surface area (Å²) in [7, 11) is 3.71. The maximum Gasteiger partial charge on any atom is 0.228 e. The van der Waals surface area contributed by atoms with Crippen molar-refractivity contribution in [3.8, 4) is 0 Å². The highest BCUT2D eigenvalue weighted by Crippen LogP contribution is 2.38. The Morgan fingerprint density at radius 1 is 1.36 bits per heavy atom. The van der Waals surface area contributed by atoms with Gasteiger partial charge in [0.2, 0.25) is 11.8 Å². The van der Waals surface area contributed by atoms with Crippen LogP contribution in [0.4, 0.5) is 0 Å². The van der Waals surface area contributed by atoms with Crippen molar-refractivity contribution >= 4 is 36.6 Å². The van der Waals surface area contributed by atoms with Crippen molar-refractivity contribution in [1.29, 1.82) is 0 Å². The molecule has 3 heterocycles. The van der Waals surface area contributed by atoms with Crippen LogP contribution in [-0.2, 0) is 9.59 Å². The lowest BCUT2D eigenvalue weighted by Crippen LogP contribution is -2.49. The zero-order valence-electron chi connectivity index (χ0n) is 14.6. The molecule has 25 heavy (non-hydrogen) atoms. The lowest BCUT2D eigenvalue weighted by atomic mass is 9.92. The molecular weight excluding hydrogens is 363 g/mol. The molecule has 0 saturated carbocycles. The van der Waals surface area contributed by atoms with Gasteiger partial charge in [-0.1, -0.05) is 6.07 Å². The fourth-order valence-electron chi connectivity index (χ4n) is 3.75. The van der Waals surface area contributed by atoms with E-state index < -0.39 is 0 Å². The Morgan fingerprint density at radius 2 is 2.12 bits per heavy atom. The van der Waals surface area contributed by atoms with Crippen LogP contribution in [0, 0.1) is 5.92 Å². The molecule has 0 aromatic carbocycles. The molecule has 1 aromatic heterocycles. The van der Waals surface area contributed by atoms with Crippen molar-refractivity contribution in [2.24, 2.45) is 5.92 Å². The molecule has 3 unspecified atom stereocenters. The molecule has 140 valence electrons. The van der Waals surface area contributed by atoms with E-state index in [1.807, 2.05) is 24.1 Å². The van der Waals surface area contributed by atoms with Gasteiger partial charge in [0.15, 0.2) is 0 Å². The molecular formula is C17H26Cl2N4O2. The molecule has 1 N–H and O–H groups in total. The van der Waals surface area contributed by atoms with Crippen molar-refractivity contribution in [3.63, 3.8) is 0 Å². The van der Waals surface area contributed by atoms with Crippen LogP contribution >= 0.6 is 24.8 Å². The number of nitrogens with zero attached hydrogens (tertiary/aromatic N) is 3. The third kappa shape index (κ3) is 4.43. The van der Waals surface area contributed by atoms with Gasteiger partial charge in [-0.05, 0) is 31.5 Å². The molecule has 2 fully saturated rings. The molecule has 3 rings (SSSR count). The monoisotopic (exact) mass is 388 g/mol. The molecule has 0 aliphatic carbocycles. The quantitative estimate of drug-likeness (QED) is 0.854. The minimum absolute atomic E-state index is 0. The first kappa shape index (κ1) is 21.7. The molecule has 2 amide bonds. The van der Waals surface area contributed by atoms with E-state index in [2.05, 4.69) is 10.3 Å². The van der Waals surface area contributed by atoms with Crippen LogP contribution in [0.25, 0.3) is 0 Å². The third-order valence-corrected chi connectivity index (χ3v) is 5.07. The lowest BCUT2D eigenvalue weighted by Gasteiger charge is -2.35. The predicted octanol–water partition coefficient (Wildman–Crippen LogP) is 1.66. The van der Waals surface area contributed by atoms with Gasteiger partial charge in [0.1, 0.15) is 0 Å². The molecule has 2 saturated heterocycles. The molecule has 0 radical (unpaired) electrons. The van der Waals surface area contributed by atoms with E-state index in [9.17, 15) is 9.59 Å². The van der Waals surface area contributed by atoms with Gasteiger partial charge in [-0.2, -0.15) is 0 Å². The van der Waals surface area contributed by atoms with Gasteiger partial charge in [-0.15, -0.1) is 24.8 Å². The molecule has 2 aliphatic heterocycles. The van der Waals surface area contributed by atoms with Gasteiger partial charge in [-0.25, -0.2) is 0 Å². The van der Waals surface area contributed by atoms with Crippen LogP contribution in [0.1, 0.15) is 30.9 Å². The maximum atomic E-state index is 13.0. The van der Waals surface area contributed by atoms with Gasteiger partial charge in [0.25, 0.3) is 0 Å². The number of hydrogen-bond acceptors (Lipinski definition) is 4. The van der Waals surface area contributed by atoms with Gasteiger partial charge in [0, 0.05) is 45.0 Å². The van der Waals surface area contributed by atoms with E-state index in [1.54, 1.807) is 24.3 Å². The van der Waals surface area contributed by atoms with Crippen LogP contribution < -0.4 is 5.32 Å². The minimum atomic E-state index is -0.313. The minimum Gasteiger partial charge on any atom is -0.341 e. The normalized spacial score (nSPS) is 26.0. The van der Waals surface area contributed by atoms with E-state index in [0.717, 1.165) is 31.5 Å². The Bertz CT molecular complexity index is 587. The average Bonchev–Trinajstić information content (AvgIpc) is 2.90. The lowest BCUT2D eigenvalue weighted by molar-refractivity contribution is -0.138. The molecule has 1 aromatic rings. The SMILES string of the molecule is CNC1CCCN(C(=O)C2CC(=O)N(C)C2c2cccnc2)C1.Cl.Cl. The number of pyridine rings is 1. The average molecular weight is 389 g/mol. The van der Waals surface area contributed by atoms with Crippen LogP contribution in [0.5, 0.6) is 0 Å². The van der Waals surface area contributed by atoms with Crippen LogP contribution in [-0.4, -0.2) is 59.8 Å². The molecule has 6 nitrogen and oxygen atoms in total. The fraction of sp³-hybridized carbons (Fsp3) is 0.588. The topological polar surface area (TPSA) is 65.5 Å². The van der Waals surface area contributed by atoms with Crippen LogP contribution in [0.15, 0.2) is 24.5 Å². The summed E-state index contributed by atoms with van der Waals surface area (Å²) in [6.45, 7) is 1.51. The summed E-state index contributed by atoms with van der Waals surface area (Å²) in [6.07, 6.45) is 5.85. The van der Waals surface area contributed by atoms with E-state index in [4.69, 9.17) is 0 Å². The second-order valence-electron chi connectivity index (χ2n) is 6.46. The van der Waals surface area contributed by atoms with Crippen molar-refractivity contribution in [3.05, 3.63) is 30.1 Å². The number of nitrogens with one attached hydrogen (secondary N) is 1. The second kappa shape index (κ2) is 9.36. The summed E-state index contributed by atoms with van der Waals surface area (Å²) in [4.78, 5) is 33.0. The Hall–Kier alpha value is -1.37. The van der Waals surface area contributed by atoms with Gasteiger partial charge < -0.3 is 15.1 Å². The van der Waals surface area contributed by atoms with Crippen molar-refractivity contribution in [1.82, 2.24) is 20.1 Å². The Kier molecular flexibility index (Phi) is 8.12. The number of piperidine rings is 1. The fourth-order valence-corrected chi connectivity index (χ4v) is 3.75. The zero-order chi connectivity index (χ0) is 16.4. The summed E-state index contributed by atoms with van der Waals surface area (Å²) in [6, 6.07) is 3.93. The first-order valence-corrected chi connectivity index (χ1v) is 8.23. The highest BCUT2D eigenvalue weighted by molar-refractivity contribution is 5.90. The number of hydrogen-bond donors (Lipinski definition) is 1. The number of rotatable bonds is 3. The van der Waals surface area contributed by atoms with E-state index in [-0.39, 0.29) is 55.0 Å². The van der Waals surface area contributed by atoms with Crippen LogP contribution in [0.2, 0.25) is 0 Å². The first-order valence-electron chi connectivity index (χ1n) is 8.23. The van der Waals surface area contributed by atoms with E-state index in [1.165, 1.54) is 0 Å². The predicted molar refractivity (Wildman–Crippen MR) is 101 cm³/mol. The molecule has 3 atom stereocenters. The summed E-state index contributed by atoms with van der Waals surface area (Å²) in [5.74, 6) is -0.191. The standard InChI is InChI=1S/C17H24N4O2.2ClH/c1-18-13-6-4-8-21(11-13)17(23)14-9-15(22)20(2)16(14)12-5-3-7-19-10-12;;/h3,5,7,10,13-14,16,18H,4,6,8-9,11H2,1-2H3;2*1H. The van der Waals surface area contributed by atoms with Gasteiger partial charge in [0.05, 0.1) is 12.0 Å². The number of amides is 2. The number of carbonyl (C=O) groups is 2. The zero-order valence-corrected chi connectivity index (χ0v) is 16.2. The number of likely N-dealkylation sites (N-methyl/N-ethyl adjacent to an activating group) is 1. The summed E-state index contributed by atoms with van der Waals surface area (Å²) < 4.78 is 0. The van der Waals surface area contributed by atoms with Gasteiger partial charge >= 0.3 is 0 Å². The molecule has 2 aliphatic rings. The first-order chi connectivity index (χ1) is 11.1. The number of carbonyl (C=O) groups excluding carboxylic acids is 2. The number of halogens is 2. The summed E-state index contributed by atoms with van der Waals surface area (Å²) >= 11 is 0. The maximum absolute atomic E-state index is 13.0. The Labute approximate surface area is 161 Å². The Morgan fingerprint density at radius 3 is 2.76 bits per heavy atom. The molecule has 0 bridgehead atoms.